The average Bonchev–Trinajstić information content (AvgIpc) is 2.71. The maximum absolute atomic E-state index is 5.13. The van der Waals surface area contributed by atoms with E-state index in [9.17, 15) is 0 Å². The van der Waals surface area contributed by atoms with Gasteiger partial charge in [-0.05, 0) is 17.7 Å². The van der Waals surface area contributed by atoms with Crippen LogP contribution in [-0.2, 0) is 6.54 Å². The molecule has 0 aliphatic heterocycles. The van der Waals surface area contributed by atoms with Crippen molar-refractivity contribution in [1.82, 2.24) is 15.0 Å². The van der Waals surface area contributed by atoms with E-state index >= 15 is 0 Å². The van der Waals surface area contributed by atoms with E-state index in [2.05, 4.69) is 10.3 Å². The summed E-state index contributed by atoms with van der Waals surface area (Å²) < 4.78 is 6.90. The molecule has 2 aromatic rings. The number of aromatic nitrogens is 3. The quantitative estimate of drug-likeness (QED) is 0.731. The topological polar surface area (TPSA) is 39.9 Å². The molecule has 1 aromatic carbocycles. The summed E-state index contributed by atoms with van der Waals surface area (Å²) in [6, 6.07) is 7.90. The van der Waals surface area contributed by atoms with Crippen molar-refractivity contribution in [3.63, 3.8) is 0 Å². The fraction of sp³-hybridized carbons (Fsp3) is 0.200. The Morgan fingerprint density at radius 3 is 3.07 bits per heavy atom. The molecule has 4 nitrogen and oxygen atoms in total. The summed E-state index contributed by atoms with van der Waals surface area (Å²) in [6.07, 6.45) is 3.50. The number of methoxy groups -OCH3 is 1. The van der Waals surface area contributed by atoms with E-state index < -0.39 is 0 Å². The monoisotopic (exact) mass is 189 g/mol. The molecule has 14 heavy (non-hydrogen) atoms. The number of nitrogens with zero attached hydrogens (tertiary/aromatic N) is 3. The van der Waals surface area contributed by atoms with Gasteiger partial charge in [0.2, 0.25) is 0 Å². The highest BCUT2D eigenvalue weighted by molar-refractivity contribution is 5.28. The maximum atomic E-state index is 5.13. The minimum atomic E-state index is 0.719. The summed E-state index contributed by atoms with van der Waals surface area (Å²) in [5.41, 5.74) is 1.15. The molecule has 0 fully saturated rings. The van der Waals surface area contributed by atoms with Crippen LogP contribution in [-0.4, -0.2) is 22.1 Å². The molecule has 0 aliphatic carbocycles. The fourth-order valence-electron chi connectivity index (χ4n) is 1.27. The zero-order valence-corrected chi connectivity index (χ0v) is 7.92. The Morgan fingerprint density at radius 2 is 2.36 bits per heavy atom. The Hall–Kier alpha value is -1.84. The van der Waals surface area contributed by atoms with Gasteiger partial charge in [0.05, 0.1) is 19.9 Å². The van der Waals surface area contributed by atoms with Gasteiger partial charge in [0.1, 0.15) is 5.75 Å². The van der Waals surface area contributed by atoms with Gasteiger partial charge in [-0.25, -0.2) is 4.68 Å². The molecule has 0 spiro atoms. The first-order valence-electron chi connectivity index (χ1n) is 4.35. The van der Waals surface area contributed by atoms with Crippen molar-refractivity contribution in [2.75, 3.05) is 7.11 Å². The van der Waals surface area contributed by atoms with Crippen molar-refractivity contribution in [1.29, 1.82) is 0 Å². The number of hydrogen-bond acceptors (Lipinski definition) is 3. The van der Waals surface area contributed by atoms with E-state index in [-0.39, 0.29) is 0 Å². The van der Waals surface area contributed by atoms with Gasteiger partial charge in [0.25, 0.3) is 0 Å². The first-order valence-corrected chi connectivity index (χ1v) is 4.35. The van der Waals surface area contributed by atoms with E-state index in [1.54, 1.807) is 18.0 Å². The van der Waals surface area contributed by atoms with Crippen LogP contribution < -0.4 is 4.74 Å². The fourth-order valence-corrected chi connectivity index (χ4v) is 1.27. The highest BCUT2D eigenvalue weighted by Gasteiger charge is 1.97. The predicted molar refractivity (Wildman–Crippen MR) is 52.1 cm³/mol. The maximum Gasteiger partial charge on any atom is 0.119 e. The molecule has 72 valence electrons. The summed E-state index contributed by atoms with van der Waals surface area (Å²) >= 11 is 0. The van der Waals surface area contributed by atoms with Gasteiger partial charge in [-0.3, -0.25) is 0 Å². The summed E-state index contributed by atoms with van der Waals surface area (Å²) in [5, 5.41) is 7.64. The normalized spacial score (nSPS) is 10.1. The van der Waals surface area contributed by atoms with Crippen LogP contribution in [0.2, 0.25) is 0 Å². The van der Waals surface area contributed by atoms with Crippen LogP contribution in [0.5, 0.6) is 5.75 Å². The molecule has 0 N–H and O–H groups in total. The van der Waals surface area contributed by atoms with Crippen LogP contribution in [0.1, 0.15) is 5.56 Å². The highest BCUT2D eigenvalue weighted by atomic mass is 16.5. The van der Waals surface area contributed by atoms with Crippen molar-refractivity contribution in [3.05, 3.63) is 42.2 Å². The summed E-state index contributed by atoms with van der Waals surface area (Å²) in [4.78, 5) is 0. The predicted octanol–water partition coefficient (Wildman–Crippen LogP) is 1.33. The second-order valence-electron chi connectivity index (χ2n) is 2.95. The number of rotatable bonds is 3. The van der Waals surface area contributed by atoms with Crippen LogP contribution in [0.25, 0.3) is 0 Å². The van der Waals surface area contributed by atoms with Gasteiger partial charge in [0, 0.05) is 6.20 Å². The molecule has 4 heteroatoms. The lowest BCUT2D eigenvalue weighted by molar-refractivity contribution is 0.414. The zero-order valence-electron chi connectivity index (χ0n) is 7.92. The average molecular weight is 189 g/mol. The van der Waals surface area contributed by atoms with Gasteiger partial charge >= 0.3 is 0 Å². The number of ether oxygens (including phenoxy) is 1. The van der Waals surface area contributed by atoms with Crippen LogP contribution in [0.4, 0.5) is 0 Å². The molecule has 0 amide bonds. The number of hydrogen-bond donors (Lipinski definition) is 0. The first-order chi connectivity index (χ1) is 6.88. The van der Waals surface area contributed by atoms with E-state index in [0.29, 0.717) is 0 Å². The van der Waals surface area contributed by atoms with E-state index in [4.69, 9.17) is 4.74 Å². The second-order valence-corrected chi connectivity index (χ2v) is 2.95. The first kappa shape index (κ1) is 8.74. The standard InChI is InChI=1S/C10H11N3O/c1-14-10-4-2-3-9(7-10)8-13-6-5-11-12-13/h2-7H,8H2,1H3. The molecular weight excluding hydrogens is 178 g/mol. The van der Waals surface area contributed by atoms with Gasteiger partial charge < -0.3 is 4.74 Å². The molecule has 0 aliphatic rings. The Bertz CT molecular complexity index is 398. The van der Waals surface area contributed by atoms with Crippen molar-refractivity contribution in [2.24, 2.45) is 0 Å². The highest BCUT2D eigenvalue weighted by Crippen LogP contribution is 2.12. The molecule has 0 saturated heterocycles. The smallest absolute Gasteiger partial charge is 0.119 e. The third-order valence-corrected chi connectivity index (χ3v) is 1.95. The lowest BCUT2D eigenvalue weighted by atomic mass is 10.2. The van der Waals surface area contributed by atoms with Gasteiger partial charge in [-0.1, -0.05) is 17.3 Å². The molecule has 2 rings (SSSR count). The molecule has 0 atom stereocenters. The minimum absolute atomic E-state index is 0.719. The zero-order chi connectivity index (χ0) is 9.80. The number of benzene rings is 1. The Morgan fingerprint density at radius 1 is 1.43 bits per heavy atom. The van der Waals surface area contributed by atoms with E-state index in [0.717, 1.165) is 17.9 Å². The third kappa shape index (κ3) is 1.90. The van der Waals surface area contributed by atoms with Crippen LogP contribution >= 0.6 is 0 Å². The molecule has 0 saturated carbocycles. The van der Waals surface area contributed by atoms with Crippen LogP contribution in [0, 0.1) is 0 Å². The van der Waals surface area contributed by atoms with E-state index in [1.165, 1.54) is 0 Å². The van der Waals surface area contributed by atoms with Crippen molar-refractivity contribution < 1.29 is 4.74 Å². The van der Waals surface area contributed by atoms with Gasteiger partial charge in [-0.2, -0.15) is 0 Å². The van der Waals surface area contributed by atoms with Crippen molar-refractivity contribution in [3.8, 4) is 5.75 Å². The second kappa shape index (κ2) is 3.91. The molecule has 1 aromatic heterocycles. The molecule has 0 radical (unpaired) electrons. The molecule has 0 unspecified atom stereocenters. The van der Waals surface area contributed by atoms with Gasteiger partial charge in [-0.15, -0.1) is 5.10 Å². The summed E-state index contributed by atoms with van der Waals surface area (Å²) in [7, 11) is 1.66. The van der Waals surface area contributed by atoms with E-state index in [1.807, 2.05) is 30.5 Å². The third-order valence-electron chi connectivity index (χ3n) is 1.95. The molecular formula is C10H11N3O. The van der Waals surface area contributed by atoms with Crippen molar-refractivity contribution >= 4 is 0 Å². The summed E-state index contributed by atoms with van der Waals surface area (Å²) in [6.45, 7) is 0.719. The molecule has 1 heterocycles. The van der Waals surface area contributed by atoms with Crippen molar-refractivity contribution in [2.45, 2.75) is 6.54 Å². The lowest BCUT2D eigenvalue weighted by Gasteiger charge is -2.03. The van der Waals surface area contributed by atoms with Crippen LogP contribution in [0.15, 0.2) is 36.7 Å². The Kier molecular flexibility index (Phi) is 2.44. The Labute approximate surface area is 82.1 Å². The summed E-state index contributed by atoms with van der Waals surface area (Å²) in [5.74, 6) is 0.864. The minimum Gasteiger partial charge on any atom is -0.497 e. The largest absolute Gasteiger partial charge is 0.497 e. The van der Waals surface area contributed by atoms with Crippen LogP contribution in [0.3, 0.4) is 0 Å². The Balaban J connectivity index is 2.17. The van der Waals surface area contributed by atoms with Gasteiger partial charge in [0.15, 0.2) is 0 Å². The molecule has 0 bridgehead atoms. The SMILES string of the molecule is COc1cccc(Cn2ccnn2)c1. The lowest BCUT2D eigenvalue weighted by Crippen LogP contribution is -2.00.